The molecule has 0 aliphatic rings. The van der Waals surface area contributed by atoms with Crippen LogP contribution in [-0.4, -0.2) is 14.5 Å². The van der Waals surface area contributed by atoms with Crippen LogP contribution in [0.4, 0.5) is 0 Å². The summed E-state index contributed by atoms with van der Waals surface area (Å²) in [6, 6.07) is 21.1. The molecule has 0 spiro atoms. The van der Waals surface area contributed by atoms with Gasteiger partial charge in [-0.25, -0.2) is 9.97 Å². The molecule has 0 atom stereocenters. The Morgan fingerprint density at radius 2 is 1.64 bits per heavy atom. The lowest BCUT2D eigenvalue weighted by molar-refractivity contribution is 1.07. The number of aromatic nitrogens is 3. The minimum absolute atomic E-state index is 0.916. The largest absolute Gasteiger partial charge is 0.278 e. The molecule has 3 nitrogen and oxygen atoms in total. The molecule has 0 saturated heterocycles. The first-order valence-corrected chi connectivity index (χ1v) is 8.45. The second kappa shape index (κ2) is 5.15. The monoisotopic (exact) mass is 323 g/mol. The Morgan fingerprint density at radius 1 is 0.800 bits per heavy atom. The van der Waals surface area contributed by atoms with Crippen LogP contribution in [0.5, 0.6) is 0 Å². The fourth-order valence-electron chi connectivity index (χ4n) is 3.63. The van der Waals surface area contributed by atoms with Gasteiger partial charge in [-0.2, -0.15) is 0 Å². The standard InChI is InChI=1S/C22H17N3/c1-14-9-10-19-18(12-14)15(2)13-21(24-19)25-20-8-4-3-6-16(20)17-7-5-11-23-22(17)25/h3-13H,1-2H3. The molecule has 0 fully saturated rings. The van der Waals surface area contributed by atoms with Gasteiger partial charge >= 0.3 is 0 Å². The van der Waals surface area contributed by atoms with Crippen LogP contribution in [0.3, 0.4) is 0 Å². The SMILES string of the molecule is Cc1ccc2nc(-n3c4ccccc4c4cccnc43)cc(C)c2c1. The van der Waals surface area contributed by atoms with Gasteiger partial charge in [0.05, 0.1) is 11.0 Å². The number of fused-ring (bicyclic) bond motifs is 4. The molecule has 0 unspecified atom stereocenters. The summed E-state index contributed by atoms with van der Waals surface area (Å²) >= 11 is 0. The number of nitrogens with zero attached hydrogens (tertiary/aromatic N) is 3. The van der Waals surface area contributed by atoms with Crippen molar-refractivity contribution in [2.75, 3.05) is 0 Å². The van der Waals surface area contributed by atoms with Gasteiger partial charge in [0.1, 0.15) is 11.5 Å². The normalized spacial score (nSPS) is 11.6. The maximum atomic E-state index is 4.94. The fraction of sp³-hybridized carbons (Fsp3) is 0.0909. The number of hydrogen-bond donors (Lipinski definition) is 0. The maximum Gasteiger partial charge on any atom is 0.146 e. The van der Waals surface area contributed by atoms with Gasteiger partial charge in [-0.1, -0.05) is 29.8 Å². The molecule has 5 rings (SSSR count). The van der Waals surface area contributed by atoms with E-state index in [0.717, 1.165) is 27.9 Å². The molecule has 0 radical (unpaired) electrons. The van der Waals surface area contributed by atoms with Crippen molar-refractivity contribution in [3.8, 4) is 5.82 Å². The first kappa shape index (κ1) is 14.2. The van der Waals surface area contributed by atoms with Crippen molar-refractivity contribution >= 4 is 32.8 Å². The molecule has 120 valence electrons. The van der Waals surface area contributed by atoms with Crippen molar-refractivity contribution in [2.45, 2.75) is 13.8 Å². The van der Waals surface area contributed by atoms with Crippen molar-refractivity contribution in [3.63, 3.8) is 0 Å². The molecule has 3 heteroatoms. The summed E-state index contributed by atoms with van der Waals surface area (Å²) in [5.74, 6) is 0.916. The fourth-order valence-corrected chi connectivity index (χ4v) is 3.63. The van der Waals surface area contributed by atoms with E-state index in [1.165, 1.54) is 21.9 Å². The summed E-state index contributed by atoms with van der Waals surface area (Å²) in [6.45, 7) is 4.26. The zero-order valence-electron chi connectivity index (χ0n) is 14.2. The van der Waals surface area contributed by atoms with Crippen molar-refractivity contribution in [3.05, 3.63) is 78.0 Å². The highest BCUT2D eigenvalue weighted by Crippen LogP contribution is 2.31. The van der Waals surface area contributed by atoms with Gasteiger partial charge in [0, 0.05) is 22.4 Å². The molecule has 0 N–H and O–H groups in total. The van der Waals surface area contributed by atoms with Crippen LogP contribution in [0.25, 0.3) is 38.7 Å². The molecular formula is C22H17N3. The molecule has 5 aromatic rings. The minimum Gasteiger partial charge on any atom is -0.278 e. The average Bonchev–Trinajstić information content (AvgIpc) is 2.97. The first-order valence-electron chi connectivity index (χ1n) is 8.45. The summed E-state index contributed by atoms with van der Waals surface area (Å²) < 4.78 is 2.16. The zero-order chi connectivity index (χ0) is 17.0. The number of aryl methyl sites for hydroxylation is 2. The summed E-state index contributed by atoms with van der Waals surface area (Å²) in [7, 11) is 0. The molecule has 0 aliphatic heterocycles. The van der Waals surface area contributed by atoms with Crippen molar-refractivity contribution < 1.29 is 0 Å². The smallest absolute Gasteiger partial charge is 0.146 e. The number of rotatable bonds is 1. The van der Waals surface area contributed by atoms with E-state index in [4.69, 9.17) is 4.98 Å². The molecular weight excluding hydrogens is 306 g/mol. The minimum atomic E-state index is 0.916. The van der Waals surface area contributed by atoms with Gasteiger partial charge in [-0.05, 0) is 55.8 Å². The number of benzene rings is 2. The van der Waals surface area contributed by atoms with Crippen molar-refractivity contribution in [1.82, 2.24) is 14.5 Å². The van der Waals surface area contributed by atoms with E-state index < -0.39 is 0 Å². The first-order chi connectivity index (χ1) is 12.2. The van der Waals surface area contributed by atoms with E-state index in [2.05, 4.69) is 78.0 Å². The van der Waals surface area contributed by atoms with Gasteiger partial charge in [0.2, 0.25) is 0 Å². The van der Waals surface area contributed by atoms with E-state index in [-0.39, 0.29) is 0 Å². The second-order valence-corrected chi connectivity index (χ2v) is 6.55. The highest BCUT2D eigenvalue weighted by Gasteiger charge is 2.14. The maximum absolute atomic E-state index is 4.94. The summed E-state index contributed by atoms with van der Waals surface area (Å²) in [5.41, 5.74) is 5.58. The highest BCUT2D eigenvalue weighted by atomic mass is 15.1. The van der Waals surface area contributed by atoms with Crippen LogP contribution in [0, 0.1) is 13.8 Å². The van der Waals surface area contributed by atoms with Crippen LogP contribution in [-0.2, 0) is 0 Å². The van der Waals surface area contributed by atoms with Gasteiger partial charge in [0.25, 0.3) is 0 Å². The Labute approximate surface area is 145 Å². The average molecular weight is 323 g/mol. The zero-order valence-corrected chi connectivity index (χ0v) is 14.2. The molecule has 0 saturated carbocycles. The predicted octanol–water partition coefficient (Wildman–Crippen LogP) is 5.34. The van der Waals surface area contributed by atoms with Crippen LogP contribution in [0.2, 0.25) is 0 Å². The van der Waals surface area contributed by atoms with Crippen molar-refractivity contribution in [2.24, 2.45) is 0 Å². The summed E-state index contributed by atoms with van der Waals surface area (Å²) in [5, 5.41) is 3.56. The quantitative estimate of drug-likeness (QED) is 0.417. The van der Waals surface area contributed by atoms with Crippen LogP contribution < -0.4 is 0 Å². The lowest BCUT2D eigenvalue weighted by atomic mass is 10.1. The van der Waals surface area contributed by atoms with Crippen molar-refractivity contribution in [1.29, 1.82) is 0 Å². The lowest BCUT2D eigenvalue weighted by Gasteiger charge is -2.10. The van der Waals surface area contributed by atoms with E-state index >= 15 is 0 Å². The second-order valence-electron chi connectivity index (χ2n) is 6.55. The lowest BCUT2D eigenvalue weighted by Crippen LogP contribution is -2.00. The third kappa shape index (κ3) is 2.06. The molecule has 3 heterocycles. The van der Waals surface area contributed by atoms with E-state index in [9.17, 15) is 0 Å². The van der Waals surface area contributed by atoms with Crippen LogP contribution in [0.15, 0.2) is 66.9 Å². The molecule has 0 amide bonds. The Kier molecular flexibility index (Phi) is 2.92. The highest BCUT2D eigenvalue weighted by molar-refractivity contribution is 6.07. The Morgan fingerprint density at radius 3 is 2.56 bits per heavy atom. The molecule has 0 bridgehead atoms. The number of hydrogen-bond acceptors (Lipinski definition) is 2. The topological polar surface area (TPSA) is 30.7 Å². The summed E-state index contributed by atoms with van der Waals surface area (Å²) in [4.78, 5) is 9.58. The predicted molar refractivity (Wildman–Crippen MR) is 103 cm³/mol. The molecule has 25 heavy (non-hydrogen) atoms. The number of pyridine rings is 2. The number of para-hydroxylation sites is 1. The van der Waals surface area contributed by atoms with Gasteiger partial charge in [-0.3, -0.25) is 4.57 Å². The van der Waals surface area contributed by atoms with E-state index in [1.807, 2.05) is 12.3 Å². The Bertz CT molecular complexity index is 1210. The third-order valence-electron chi connectivity index (χ3n) is 4.82. The summed E-state index contributed by atoms with van der Waals surface area (Å²) in [6.07, 6.45) is 1.84. The van der Waals surface area contributed by atoms with Gasteiger partial charge < -0.3 is 0 Å². The van der Waals surface area contributed by atoms with E-state index in [1.54, 1.807) is 0 Å². The van der Waals surface area contributed by atoms with E-state index in [0.29, 0.717) is 0 Å². The van der Waals surface area contributed by atoms with Crippen LogP contribution in [0.1, 0.15) is 11.1 Å². The van der Waals surface area contributed by atoms with Gasteiger partial charge in [-0.15, -0.1) is 0 Å². The third-order valence-corrected chi connectivity index (χ3v) is 4.82. The van der Waals surface area contributed by atoms with Crippen LogP contribution >= 0.6 is 0 Å². The molecule has 2 aromatic carbocycles. The van der Waals surface area contributed by atoms with Gasteiger partial charge in [0.15, 0.2) is 0 Å². The Balaban J connectivity index is 1.92. The molecule has 0 aliphatic carbocycles. The molecule has 3 aromatic heterocycles. The Hall–Kier alpha value is -3.20.